The summed E-state index contributed by atoms with van der Waals surface area (Å²) in [6, 6.07) is 6.90. The highest BCUT2D eigenvalue weighted by molar-refractivity contribution is 5.34. The second-order valence-electron chi connectivity index (χ2n) is 5.21. The zero-order valence-corrected chi connectivity index (χ0v) is 12.1. The van der Waals surface area contributed by atoms with Crippen molar-refractivity contribution in [3.63, 3.8) is 0 Å². The van der Waals surface area contributed by atoms with Crippen LogP contribution in [-0.2, 0) is 12.8 Å². The number of rotatable bonds is 7. The van der Waals surface area contributed by atoms with Gasteiger partial charge in [-0.1, -0.05) is 39.0 Å². The smallest absolute Gasteiger partial charge is 0.00366 e. The molecule has 0 aromatic heterocycles. The molecule has 0 saturated heterocycles. The van der Waals surface area contributed by atoms with Crippen molar-refractivity contribution in [1.29, 1.82) is 0 Å². The lowest BCUT2D eigenvalue weighted by molar-refractivity contribution is 0.464. The molecule has 1 unspecified atom stereocenters. The molecule has 2 nitrogen and oxygen atoms in total. The van der Waals surface area contributed by atoms with Gasteiger partial charge in [0.25, 0.3) is 0 Å². The second-order valence-corrected chi connectivity index (χ2v) is 5.21. The quantitative estimate of drug-likeness (QED) is 0.779. The molecule has 0 saturated carbocycles. The molecule has 18 heavy (non-hydrogen) atoms. The summed E-state index contributed by atoms with van der Waals surface area (Å²) in [5.41, 5.74) is 15.9. The average Bonchev–Trinajstić information content (AvgIpc) is 2.43. The molecule has 0 radical (unpaired) electrons. The van der Waals surface area contributed by atoms with E-state index in [-0.39, 0.29) is 0 Å². The molecule has 1 atom stereocenters. The van der Waals surface area contributed by atoms with Crippen LogP contribution in [0.25, 0.3) is 0 Å². The number of aryl methyl sites for hydroxylation is 2. The van der Waals surface area contributed by atoms with E-state index >= 15 is 0 Å². The maximum absolute atomic E-state index is 5.76. The van der Waals surface area contributed by atoms with Gasteiger partial charge in [-0.05, 0) is 60.9 Å². The van der Waals surface area contributed by atoms with E-state index in [2.05, 4.69) is 39.0 Å². The van der Waals surface area contributed by atoms with Gasteiger partial charge in [-0.2, -0.15) is 0 Å². The third kappa shape index (κ3) is 3.82. The molecule has 0 amide bonds. The molecule has 0 aliphatic carbocycles. The molecule has 0 bridgehead atoms. The molecule has 0 aliphatic rings. The van der Waals surface area contributed by atoms with Crippen LogP contribution in [0.5, 0.6) is 0 Å². The lowest BCUT2D eigenvalue weighted by atomic mass is 9.86. The predicted molar refractivity (Wildman–Crippen MR) is 79.8 cm³/mol. The van der Waals surface area contributed by atoms with E-state index in [4.69, 9.17) is 11.5 Å². The monoisotopic (exact) mass is 248 g/mol. The fourth-order valence-corrected chi connectivity index (χ4v) is 2.56. The van der Waals surface area contributed by atoms with Crippen LogP contribution in [0.3, 0.4) is 0 Å². The Kier molecular flexibility index (Phi) is 6.37. The van der Waals surface area contributed by atoms with Gasteiger partial charge in [0.15, 0.2) is 0 Å². The second kappa shape index (κ2) is 7.55. The maximum atomic E-state index is 5.76. The molecule has 0 heterocycles. The van der Waals surface area contributed by atoms with Crippen molar-refractivity contribution in [3.8, 4) is 0 Å². The summed E-state index contributed by atoms with van der Waals surface area (Å²) >= 11 is 0. The van der Waals surface area contributed by atoms with Gasteiger partial charge in [-0.15, -0.1) is 0 Å². The molecule has 102 valence electrons. The van der Waals surface area contributed by atoms with Crippen LogP contribution in [0.2, 0.25) is 0 Å². The highest BCUT2D eigenvalue weighted by Crippen LogP contribution is 2.27. The van der Waals surface area contributed by atoms with Crippen LogP contribution in [-0.4, -0.2) is 13.1 Å². The molecule has 4 N–H and O–H groups in total. The summed E-state index contributed by atoms with van der Waals surface area (Å²) in [5, 5.41) is 0. The third-order valence-electron chi connectivity index (χ3n) is 3.88. The van der Waals surface area contributed by atoms with Crippen LogP contribution < -0.4 is 11.5 Å². The molecule has 0 spiro atoms. The Morgan fingerprint density at radius 1 is 1.06 bits per heavy atom. The zero-order chi connectivity index (χ0) is 13.5. The largest absolute Gasteiger partial charge is 0.330 e. The summed E-state index contributed by atoms with van der Waals surface area (Å²) in [5.74, 6) is 0.985. The van der Waals surface area contributed by atoms with Crippen LogP contribution in [0.4, 0.5) is 0 Å². The summed E-state index contributed by atoms with van der Waals surface area (Å²) < 4.78 is 0. The standard InChI is InChI=1S/C16H28N2/c1-4-13-6-7-15(5-2)16(9-13)12(3)8-14(10-17)11-18/h6-7,9,12,14H,4-5,8,10-11,17-18H2,1-3H3. The van der Waals surface area contributed by atoms with Crippen LogP contribution in [0, 0.1) is 5.92 Å². The van der Waals surface area contributed by atoms with Crippen LogP contribution >= 0.6 is 0 Å². The van der Waals surface area contributed by atoms with Gasteiger partial charge in [0, 0.05) is 0 Å². The van der Waals surface area contributed by atoms with Gasteiger partial charge in [-0.25, -0.2) is 0 Å². The first kappa shape index (κ1) is 15.2. The van der Waals surface area contributed by atoms with E-state index in [9.17, 15) is 0 Å². The van der Waals surface area contributed by atoms with Crippen LogP contribution in [0.15, 0.2) is 18.2 Å². The highest BCUT2D eigenvalue weighted by atomic mass is 14.6. The molecule has 1 aromatic rings. The van der Waals surface area contributed by atoms with E-state index in [1.165, 1.54) is 16.7 Å². The fraction of sp³-hybridized carbons (Fsp3) is 0.625. The van der Waals surface area contributed by atoms with E-state index in [0.29, 0.717) is 24.9 Å². The zero-order valence-electron chi connectivity index (χ0n) is 12.1. The Balaban J connectivity index is 2.91. The van der Waals surface area contributed by atoms with Gasteiger partial charge in [0.05, 0.1) is 0 Å². The normalized spacial score (nSPS) is 13.0. The number of hydrogen-bond donors (Lipinski definition) is 2. The Labute approximate surface area is 112 Å². The predicted octanol–water partition coefficient (Wildman–Crippen LogP) is 2.84. The van der Waals surface area contributed by atoms with Crippen molar-refractivity contribution in [2.45, 2.75) is 46.0 Å². The molecule has 1 aromatic carbocycles. The van der Waals surface area contributed by atoms with Crippen LogP contribution in [0.1, 0.15) is 49.8 Å². The first-order chi connectivity index (χ1) is 8.65. The van der Waals surface area contributed by atoms with Crippen molar-refractivity contribution in [2.75, 3.05) is 13.1 Å². The fourth-order valence-electron chi connectivity index (χ4n) is 2.56. The van der Waals surface area contributed by atoms with Crippen molar-refractivity contribution >= 4 is 0 Å². The number of hydrogen-bond acceptors (Lipinski definition) is 2. The first-order valence-electron chi connectivity index (χ1n) is 7.17. The minimum absolute atomic E-state index is 0.440. The van der Waals surface area contributed by atoms with Gasteiger partial charge in [-0.3, -0.25) is 0 Å². The number of benzene rings is 1. The van der Waals surface area contributed by atoms with Crippen molar-refractivity contribution in [1.82, 2.24) is 0 Å². The molecule has 2 heteroatoms. The van der Waals surface area contributed by atoms with Gasteiger partial charge >= 0.3 is 0 Å². The lowest BCUT2D eigenvalue weighted by Gasteiger charge is -2.21. The Bertz CT molecular complexity index is 356. The van der Waals surface area contributed by atoms with E-state index < -0.39 is 0 Å². The van der Waals surface area contributed by atoms with Crippen molar-refractivity contribution < 1.29 is 0 Å². The number of nitrogens with two attached hydrogens (primary N) is 2. The molecule has 1 rings (SSSR count). The minimum Gasteiger partial charge on any atom is -0.330 e. The first-order valence-corrected chi connectivity index (χ1v) is 7.17. The summed E-state index contributed by atoms with van der Waals surface area (Å²) in [7, 11) is 0. The lowest BCUT2D eigenvalue weighted by Crippen LogP contribution is -2.24. The molecular weight excluding hydrogens is 220 g/mol. The van der Waals surface area contributed by atoms with Gasteiger partial charge < -0.3 is 11.5 Å². The van der Waals surface area contributed by atoms with E-state index in [0.717, 1.165) is 19.3 Å². The SMILES string of the molecule is CCc1ccc(CC)c(C(C)CC(CN)CN)c1. The van der Waals surface area contributed by atoms with Gasteiger partial charge in [0.1, 0.15) is 0 Å². The summed E-state index contributed by atoms with van der Waals surface area (Å²) in [4.78, 5) is 0. The molecular formula is C16H28N2. The summed E-state index contributed by atoms with van der Waals surface area (Å²) in [6.07, 6.45) is 3.29. The van der Waals surface area contributed by atoms with E-state index in [1.54, 1.807) is 0 Å². The van der Waals surface area contributed by atoms with E-state index in [1.807, 2.05) is 0 Å². The highest BCUT2D eigenvalue weighted by Gasteiger charge is 2.15. The Morgan fingerprint density at radius 2 is 1.72 bits per heavy atom. The molecule has 0 aliphatic heterocycles. The third-order valence-corrected chi connectivity index (χ3v) is 3.88. The summed E-state index contributed by atoms with van der Waals surface area (Å²) in [6.45, 7) is 8.11. The molecule has 0 fully saturated rings. The van der Waals surface area contributed by atoms with Crippen molar-refractivity contribution in [3.05, 3.63) is 34.9 Å². The minimum atomic E-state index is 0.440. The topological polar surface area (TPSA) is 52.0 Å². The van der Waals surface area contributed by atoms with Crippen molar-refractivity contribution in [2.24, 2.45) is 17.4 Å². The Hall–Kier alpha value is -0.860. The Morgan fingerprint density at radius 3 is 2.22 bits per heavy atom. The van der Waals surface area contributed by atoms with Gasteiger partial charge in [0.2, 0.25) is 0 Å². The maximum Gasteiger partial charge on any atom is -0.00366 e. The average molecular weight is 248 g/mol.